The van der Waals surface area contributed by atoms with Crippen LogP contribution in [0.2, 0.25) is 0 Å². The maximum Gasteiger partial charge on any atom is 0.182 e. The molecule has 0 atom stereocenters. The fraction of sp³-hybridized carbons (Fsp3) is 0.167. The van der Waals surface area contributed by atoms with Gasteiger partial charge in [-0.3, -0.25) is 20.8 Å². The zero-order valence-electron chi connectivity index (χ0n) is 10.9. The summed E-state index contributed by atoms with van der Waals surface area (Å²) in [5, 5.41) is 15.5. The van der Waals surface area contributed by atoms with Gasteiger partial charge in [-0.25, -0.2) is 0 Å². The highest BCUT2D eigenvalue weighted by molar-refractivity contribution is 5.38. The van der Waals surface area contributed by atoms with Crippen LogP contribution in [-0.4, -0.2) is 16.1 Å². The SMILES string of the molecule is CC(N=NNc1cccnc1)N=NNc1cccnc1. The first-order valence-electron chi connectivity index (χ1n) is 5.96. The molecule has 0 radical (unpaired) electrons. The first kappa shape index (κ1) is 13.5. The van der Waals surface area contributed by atoms with Crippen molar-refractivity contribution in [3.63, 3.8) is 0 Å². The van der Waals surface area contributed by atoms with Gasteiger partial charge in [-0.2, -0.15) is 0 Å². The Morgan fingerprint density at radius 2 is 1.40 bits per heavy atom. The summed E-state index contributed by atoms with van der Waals surface area (Å²) >= 11 is 0. The third-order valence-corrected chi connectivity index (χ3v) is 2.13. The quantitative estimate of drug-likeness (QED) is 0.622. The molecule has 8 nitrogen and oxygen atoms in total. The molecule has 0 aliphatic carbocycles. The second kappa shape index (κ2) is 7.52. The molecule has 2 rings (SSSR count). The van der Waals surface area contributed by atoms with E-state index < -0.39 is 6.17 Å². The van der Waals surface area contributed by atoms with E-state index in [1.54, 1.807) is 43.8 Å². The molecular weight excluding hydrogens is 256 g/mol. The predicted molar refractivity (Wildman–Crippen MR) is 74.9 cm³/mol. The molecule has 20 heavy (non-hydrogen) atoms. The minimum atomic E-state index is -0.400. The number of hydrogen-bond acceptors (Lipinski definition) is 6. The van der Waals surface area contributed by atoms with Gasteiger partial charge in [0, 0.05) is 12.4 Å². The monoisotopic (exact) mass is 270 g/mol. The van der Waals surface area contributed by atoms with Gasteiger partial charge in [0.05, 0.1) is 23.8 Å². The van der Waals surface area contributed by atoms with Gasteiger partial charge in [-0.1, -0.05) is 10.4 Å². The van der Waals surface area contributed by atoms with Crippen LogP contribution in [0.15, 0.2) is 69.7 Å². The molecule has 0 saturated carbocycles. The molecule has 0 aromatic carbocycles. The third kappa shape index (κ3) is 4.77. The molecule has 0 saturated heterocycles. The van der Waals surface area contributed by atoms with Crippen LogP contribution in [0.1, 0.15) is 6.92 Å². The van der Waals surface area contributed by atoms with Crippen LogP contribution in [0.5, 0.6) is 0 Å². The van der Waals surface area contributed by atoms with Crippen molar-refractivity contribution in [3.05, 3.63) is 49.1 Å². The van der Waals surface area contributed by atoms with E-state index >= 15 is 0 Å². The predicted octanol–water partition coefficient (Wildman–Crippen LogP) is 3.08. The highest BCUT2D eigenvalue weighted by Crippen LogP contribution is 2.05. The highest BCUT2D eigenvalue weighted by Gasteiger charge is 1.94. The minimum Gasteiger partial charge on any atom is -0.263 e. The first-order chi connectivity index (χ1) is 9.84. The van der Waals surface area contributed by atoms with Crippen molar-refractivity contribution >= 4 is 11.4 Å². The lowest BCUT2D eigenvalue weighted by molar-refractivity contribution is 0.686. The number of nitrogens with zero attached hydrogens (tertiary/aromatic N) is 6. The molecule has 2 aromatic heterocycles. The summed E-state index contributed by atoms with van der Waals surface area (Å²) in [5.74, 6) is 0. The largest absolute Gasteiger partial charge is 0.263 e. The van der Waals surface area contributed by atoms with Crippen LogP contribution in [0.3, 0.4) is 0 Å². The summed E-state index contributed by atoms with van der Waals surface area (Å²) in [4.78, 5) is 7.89. The van der Waals surface area contributed by atoms with Gasteiger partial charge in [0.15, 0.2) is 6.17 Å². The van der Waals surface area contributed by atoms with E-state index in [0.717, 1.165) is 11.4 Å². The molecule has 0 bridgehead atoms. The average molecular weight is 270 g/mol. The fourth-order valence-electron chi connectivity index (χ4n) is 1.22. The van der Waals surface area contributed by atoms with E-state index in [0.29, 0.717) is 0 Å². The number of nitrogens with one attached hydrogen (secondary N) is 2. The van der Waals surface area contributed by atoms with Crippen molar-refractivity contribution in [1.82, 2.24) is 9.97 Å². The Bertz CT molecular complexity index is 503. The summed E-state index contributed by atoms with van der Waals surface area (Å²) in [6, 6.07) is 7.28. The summed E-state index contributed by atoms with van der Waals surface area (Å²) in [7, 11) is 0. The van der Waals surface area contributed by atoms with Crippen LogP contribution in [0.4, 0.5) is 11.4 Å². The van der Waals surface area contributed by atoms with Crippen molar-refractivity contribution in [3.8, 4) is 0 Å². The number of rotatable bonds is 6. The Labute approximate surface area is 116 Å². The number of anilines is 2. The molecule has 0 aliphatic rings. The average Bonchev–Trinajstić information content (AvgIpc) is 2.49. The maximum absolute atomic E-state index is 3.94. The van der Waals surface area contributed by atoms with Gasteiger partial charge < -0.3 is 0 Å². The number of aromatic nitrogens is 2. The van der Waals surface area contributed by atoms with E-state index in [2.05, 4.69) is 41.5 Å². The Morgan fingerprint density at radius 1 is 0.900 bits per heavy atom. The van der Waals surface area contributed by atoms with E-state index in [1.165, 1.54) is 0 Å². The summed E-state index contributed by atoms with van der Waals surface area (Å²) < 4.78 is 0. The molecule has 2 aromatic rings. The van der Waals surface area contributed by atoms with Crippen LogP contribution in [0, 0.1) is 0 Å². The Hall–Kier alpha value is -2.90. The second-order valence-electron chi connectivity index (χ2n) is 3.77. The maximum atomic E-state index is 3.94. The summed E-state index contributed by atoms with van der Waals surface area (Å²) in [6.45, 7) is 1.77. The zero-order chi connectivity index (χ0) is 14.0. The first-order valence-corrected chi connectivity index (χ1v) is 5.96. The standard InChI is InChI=1S/C12H14N8/c1-10(15-19-17-11-4-2-6-13-8-11)16-20-18-12-5-3-7-14-9-12/h2-10H,1H3,(H,15,17)(H,16,18). The van der Waals surface area contributed by atoms with Crippen LogP contribution < -0.4 is 10.9 Å². The van der Waals surface area contributed by atoms with Gasteiger partial charge in [0.25, 0.3) is 0 Å². The van der Waals surface area contributed by atoms with Gasteiger partial charge >= 0.3 is 0 Å². The Morgan fingerprint density at radius 3 is 1.80 bits per heavy atom. The van der Waals surface area contributed by atoms with Crippen molar-refractivity contribution in [1.29, 1.82) is 0 Å². The minimum absolute atomic E-state index is 0.400. The molecule has 8 heteroatoms. The molecule has 0 spiro atoms. The highest BCUT2D eigenvalue weighted by atomic mass is 15.5. The lowest BCUT2D eigenvalue weighted by atomic mass is 10.4. The number of hydrogen-bond donors (Lipinski definition) is 2. The summed E-state index contributed by atoms with van der Waals surface area (Å²) in [5.41, 5.74) is 7.01. The van der Waals surface area contributed by atoms with Crippen molar-refractivity contribution in [2.45, 2.75) is 13.1 Å². The topological polar surface area (TPSA) is 99.3 Å². The lowest BCUT2D eigenvalue weighted by Crippen LogP contribution is -1.95. The van der Waals surface area contributed by atoms with Gasteiger partial charge in [-0.05, 0) is 31.2 Å². The van der Waals surface area contributed by atoms with E-state index in [1.807, 2.05) is 12.1 Å². The molecule has 0 unspecified atom stereocenters. The molecule has 102 valence electrons. The van der Waals surface area contributed by atoms with E-state index in [-0.39, 0.29) is 0 Å². The summed E-state index contributed by atoms with van der Waals surface area (Å²) in [6.07, 6.45) is 6.26. The van der Waals surface area contributed by atoms with Gasteiger partial charge in [0.1, 0.15) is 0 Å². The van der Waals surface area contributed by atoms with Crippen LogP contribution in [-0.2, 0) is 0 Å². The smallest absolute Gasteiger partial charge is 0.182 e. The number of pyridine rings is 2. The van der Waals surface area contributed by atoms with Gasteiger partial charge in [0.2, 0.25) is 0 Å². The van der Waals surface area contributed by atoms with Crippen molar-refractivity contribution in [2.24, 2.45) is 20.7 Å². The molecule has 0 aliphatic heterocycles. The normalized spacial score (nSPS) is 12.7. The molecule has 0 amide bonds. The van der Waals surface area contributed by atoms with E-state index in [4.69, 9.17) is 0 Å². The molecule has 2 N–H and O–H groups in total. The van der Waals surface area contributed by atoms with Crippen LogP contribution in [0.25, 0.3) is 0 Å². The zero-order valence-corrected chi connectivity index (χ0v) is 10.9. The van der Waals surface area contributed by atoms with Crippen molar-refractivity contribution in [2.75, 3.05) is 10.9 Å². The van der Waals surface area contributed by atoms with Crippen LogP contribution >= 0.6 is 0 Å². The lowest BCUT2D eigenvalue weighted by Gasteiger charge is -1.99. The fourth-order valence-corrected chi connectivity index (χ4v) is 1.22. The van der Waals surface area contributed by atoms with E-state index in [9.17, 15) is 0 Å². The Balaban J connectivity index is 1.76. The second-order valence-corrected chi connectivity index (χ2v) is 3.77. The molecule has 0 fully saturated rings. The van der Waals surface area contributed by atoms with Crippen molar-refractivity contribution < 1.29 is 0 Å². The van der Waals surface area contributed by atoms with Gasteiger partial charge in [-0.15, -0.1) is 10.2 Å². The molecule has 2 heterocycles. The Kier molecular flexibility index (Phi) is 5.08. The molecular formula is C12H14N8. The third-order valence-electron chi connectivity index (χ3n) is 2.13.